The predicted octanol–water partition coefficient (Wildman–Crippen LogP) is 1.41. The summed E-state index contributed by atoms with van der Waals surface area (Å²) in [4.78, 5) is 22.7. The molecule has 0 bridgehead atoms. The van der Waals surface area contributed by atoms with Gasteiger partial charge in [0, 0.05) is 32.7 Å². The number of nitrogens with two attached hydrogens (primary N) is 1. The topological polar surface area (TPSA) is 122 Å². The van der Waals surface area contributed by atoms with E-state index in [-0.39, 0.29) is 10.8 Å². The summed E-state index contributed by atoms with van der Waals surface area (Å²) in [5, 5.41) is 5.20. The maximum Gasteiger partial charge on any atom is 0.312 e. The summed E-state index contributed by atoms with van der Waals surface area (Å²) in [6, 6.07) is 4.26. The number of carbonyl (C=O) groups excluding carboxylic acids is 2. The van der Waals surface area contributed by atoms with Gasteiger partial charge in [0.15, 0.2) is 0 Å². The number of nitrogens with one attached hydrogen (secondary N) is 2. The minimum Gasteiger partial charge on any atom is -0.352 e. The van der Waals surface area contributed by atoms with Gasteiger partial charge in [-0.1, -0.05) is 12.5 Å². The monoisotopic (exact) mass is 370 g/mol. The summed E-state index contributed by atoms with van der Waals surface area (Å²) >= 11 is 0. The molecule has 0 heterocycles. The van der Waals surface area contributed by atoms with Gasteiger partial charge in [0.2, 0.25) is 15.9 Å². The summed E-state index contributed by atoms with van der Waals surface area (Å²) in [5.41, 5.74) is 6.02. The van der Waals surface area contributed by atoms with Crippen LogP contribution in [0.2, 0.25) is 0 Å². The highest BCUT2D eigenvalue weighted by molar-refractivity contribution is 7.89. The van der Waals surface area contributed by atoms with Gasteiger partial charge in [-0.3, -0.25) is 4.79 Å². The molecule has 1 aromatic rings. The SMILES string of the molecule is Cc1ccc(NC(=O)CCCCCNC(N)=O)cc1S(=O)(=O)N(C)C. The molecule has 0 spiro atoms. The first-order chi connectivity index (χ1) is 11.6. The summed E-state index contributed by atoms with van der Waals surface area (Å²) < 4.78 is 25.7. The summed E-state index contributed by atoms with van der Waals surface area (Å²) in [5.74, 6) is -0.181. The van der Waals surface area contributed by atoms with Crippen molar-refractivity contribution in [2.75, 3.05) is 26.0 Å². The number of unbranched alkanes of at least 4 members (excludes halogenated alkanes) is 2. The van der Waals surface area contributed by atoms with E-state index in [0.717, 1.165) is 17.1 Å². The number of anilines is 1. The third-order valence-corrected chi connectivity index (χ3v) is 5.57. The van der Waals surface area contributed by atoms with Crippen LogP contribution in [0.15, 0.2) is 23.1 Å². The van der Waals surface area contributed by atoms with Gasteiger partial charge < -0.3 is 16.4 Å². The van der Waals surface area contributed by atoms with Crippen molar-refractivity contribution in [2.45, 2.75) is 37.5 Å². The fourth-order valence-electron chi connectivity index (χ4n) is 2.17. The van der Waals surface area contributed by atoms with E-state index < -0.39 is 16.1 Å². The van der Waals surface area contributed by atoms with Crippen molar-refractivity contribution in [1.82, 2.24) is 9.62 Å². The van der Waals surface area contributed by atoms with E-state index in [1.807, 2.05) is 0 Å². The smallest absolute Gasteiger partial charge is 0.312 e. The van der Waals surface area contributed by atoms with Crippen molar-refractivity contribution < 1.29 is 18.0 Å². The van der Waals surface area contributed by atoms with Crippen LogP contribution in [-0.2, 0) is 14.8 Å². The Morgan fingerprint density at radius 1 is 1.16 bits per heavy atom. The zero-order valence-electron chi connectivity index (χ0n) is 14.8. The van der Waals surface area contributed by atoms with Crippen LogP contribution in [0, 0.1) is 6.92 Å². The zero-order valence-corrected chi connectivity index (χ0v) is 15.6. The van der Waals surface area contributed by atoms with Crippen molar-refractivity contribution in [1.29, 1.82) is 0 Å². The Morgan fingerprint density at radius 2 is 1.84 bits per heavy atom. The average Bonchev–Trinajstić information content (AvgIpc) is 2.52. The molecule has 140 valence electrons. The number of sulfonamides is 1. The number of rotatable bonds is 9. The van der Waals surface area contributed by atoms with Gasteiger partial charge in [-0.25, -0.2) is 17.5 Å². The highest BCUT2D eigenvalue weighted by Gasteiger charge is 2.20. The van der Waals surface area contributed by atoms with Gasteiger partial charge in [0.05, 0.1) is 4.90 Å². The Labute approximate surface area is 148 Å². The van der Waals surface area contributed by atoms with Gasteiger partial charge in [0.1, 0.15) is 0 Å². The van der Waals surface area contributed by atoms with Crippen molar-refractivity contribution in [3.63, 3.8) is 0 Å². The number of primary amides is 1. The molecule has 0 saturated heterocycles. The standard InChI is InChI=1S/C16H26N4O4S/c1-12-8-9-13(11-14(12)25(23,24)20(2)3)19-15(21)7-5-4-6-10-18-16(17)22/h8-9,11H,4-7,10H2,1-3H3,(H,19,21)(H3,17,18,22). The number of hydrogen-bond donors (Lipinski definition) is 3. The first kappa shape index (κ1) is 20.9. The lowest BCUT2D eigenvalue weighted by Crippen LogP contribution is -2.29. The normalized spacial score (nSPS) is 11.4. The Kier molecular flexibility index (Phi) is 7.85. The minimum atomic E-state index is -3.56. The molecule has 0 unspecified atom stereocenters. The number of carbonyl (C=O) groups is 2. The molecule has 3 amide bonds. The second-order valence-electron chi connectivity index (χ2n) is 5.92. The van der Waals surface area contributed by atoms with Crippen molar-refractivity contribution >= 4 is 27.6 Å². The fraction of sp³-hybridized carbons (Fsp3) is 0.500. The van der Waals surface area contributed by atoms with Gasteiger partial charge in [-0.15, -0.1) is 0 Å². The van der Waals surface area contributed by atoms with Crippen LogP contribution in [0.1, 0.15) is 31.2 Å². The molecule has 0 aliphatic rings. The summed E-state index contributed by atoms with van der Waals surface area (Å²) in [7, 11) is -0.632. The van der Waals surface area contributed by atoms with Crippen LogP contribution < -0.4 is 16.4 Å². The molecule has 0 fully saturated rings. The van der Waals surface area contributed by atoms with Crippen LogP contribution in [0.4, 0.5) is 10.5 Å². The van der Waals surface area contributed by atoms with Crippen LogP contribution in [0.3, 0.4) is 0 Å². The Bertz CT molecular complexity index is 717. The van der Waals surface area contributed by atoms with E-state index in [1.165, 1.54) is 20.2 Å². The number of nitrogens with zero attached hydrogens (tertiary/aromatic N) is 1. The number of amides is 3. The summed E-state index contributed by atoms with van der Waals surface area (Å²) in [6.07, 6.45) is 2.51. The minimum absolute atomic E-state index is 0.174. The zero-order chi connectivity index (χ0) is 19.0. The lowest BCUT2D eigenvalue weighted by atomic mass is 10.1. The molecule has 0 radical (unpaired) electrons. The highest BCUT2D eigenvalue weighted by atomic mass is 32.2. The predicted molar refractivity (Wildman–Crippen MR) is 96.7 cm³/mol. The van der Waals surface area contributed by atoms with Gasteiger partial charge in [-0.05, 0) is 37.5 Å². The molecule has 1 aromatic carbocycles. The Hall–Kier alpha value is -2.13. The van der Waals surface area contributed by atoms with E-state index in [4.69, 9.17) is 5.73 Å². The maximum absolute atomic E-state index is 12.3. The van der Waals surface area contributed by atoms with Crippen molar-refractivity contribution in [2.24, 2.45) is 5.73 Å². The first-order valence-electron chi connectivity index (χ1n) is 8.01. The third kappa shape index (κ3) is 6.71. The fourth-order valence-corrected chi connectivity index (χ4v) is 3.32. The molecule has 9 heteroatoms. The van der Waals surface area contributed by atoms with E-state index in [9.17, 15) is 18.0 Å². The molecule has 0 saturated carbocycles. The van der Waals surface area contributed by atoms with Gasteiger partial charge in [0.25, 0.3) is 0 Å². The van der Waals surface area contributed by atoms with Crippen LogP contribution in [0.25, 0.3) is 0 Å². The average molecular weight is 370 g/mol. The maximum atomic E-state index is 12.3. The molecule has 1 rings (SSSR count). The second kappa shape index (κ2) is 9.38. The summed E-state index contributed by atoms with van der Waals surface area (Å²) in [6.45, 7) is 2.20. The van der Waals surface area contributed by atoms with E-state index >= 15 is 0 Å². The van der Waals surface area contributed by atoms with Gasteiger partial charge >= 0.3 is 6.03 Å². The number of aryl methyl sites for hydroxylation is 1. The Morgan fingerprint density at radius 3 is 2.44 bits per heavy atom. The van der Waals surface area contributed by atoms with Crippen LogP contribution in [-0.4, -0.2) is 45.3 Å². The van der Waals surface area contributed by atoms with Crippen LogP contribution >= 0.6 is 0 Å². The molecular weight excluding hydrogens is 344 g/mol. The number of urea groups is 1. The molecule has 0 aliphatic carbocycles. The lowest BCUT2D eigenvalue weighted by Gasteiger charge is -2.15. The molecule has 0 aromatic heterocycles. The lowest BCUT2D eigenvalue weighted by molar-refractivity contribution is -0.116. The number of benzene rings is 1. The quantitative estimate of drug-likeness (QED) is 0.569. The molecule has 8 nitrogen and oxygen atoms in total. The molecular formula is C16H26N4O4S. The Balaban J connectivity index is 2.57. The molecule has 0 aliphatic heterocycles. The first-order valence-corrected chi connectivity index (χ1v) is 9.45. The van der Waals surface area contributed by atoms with Crippen molar-refractivity contribution in [3.8, 4) is 0 Å². The highest BCUT2D eigenvalue weighted by Crippen LogP contribution is 2.22. The number of hydrogen-bond acceptors (Lipinski definition) is 4. The third-order valence-electron chi connectivity index (χ3n) is 3.61. The molecule has 4 N–H and O–H groups in total. The van der Waals surface area contributed by atoms with Crippen LogP contribution in [0.5, 0.6) is 0 Å². The second-order valence-corrected chi connectivity index (χ2v) is 8.04. The van der Waals surface area contributed by atoms with Crippen molar-refractivity contribution in [3.05, 3.63) is 23.8 Å². The molecule has 25 heavy (non-hydrogen) atoms. The van der Waals surface area contributed by atoms with E-state index in [0.29, 0.717) is 30.6 Å². The largest absolute Gasteiger partial charge is 0.352 e. The van der Waals surface area contributed by atoms with E-state index in [2.05, 4.69) is 10.6 Å². The van der Waals surface area contributed by atoms with Gasteiger partial charge in [-0.2, -0.15) is 0 Å². The molecule has 0 atom stereocenters. The van der Waals surface area contributed by atoms with E-state index in [1.54, 1.807) is 19.1 Å².